The van der Waals surface area contributed by atoms with Crippen LogP contribution in [0.5, 0.6) is 0 Å². The third-order valence-electron chi connectivity index (χ3n) is 2.51. The van der Waals surface area contributed by atoms with Gasteiger partial charge in [-0.2, -0.15) is 0 Å². The van der Waals surface area contributed by atoms with E-state index >= 15 is 0 Å². The standard InChI is InChI=1S/C11H18N2O/c1-8(2)10(11(14)12-3)6-9-4-5-13-7-9/h4-5,7-8,10,13H,6H2,1-3H3,(H,12,14). The Balaban J connectivity index is 2.65. The molecule has 78 valence electrons. The number of amides is 1. The molecule has 0 aromatic carbocycles. The minimum Gasteiger partial charge on any atom is -0.367 e. The zero-order valence-corrected chi connectivity index (χ0v) is 9.00. The van der Waals surface area contributed by atoms with Gasteiger partial charge in [0.2, 0.25) is 5.91 Å². The molecule has 3 heteroatoms. The Kier molecular flexibility index (Phi) is 3.74. The van der Waals surface area contributed by atoms with Crippen molar-refractivity contribution in [2.75, 3.05) is 7.05 Å². The van der Waals surface area contributed by atoms with Gasteiger partial charge in [0.15, 0.2) is 0 Å². The van der Waals surface area contributed by atoms with E-state index in [1.165, 1.54) is 5.56 Å². The summed E-state index contributed by atoms with van der Waals surface area (Å²) in [5.41, 5.74) is 1.19. The van der Waals surface area contributed by atoms with E-state index in [4.69, 9.17) is 0 Å². The predicted octanol–water partition coefficient (Wildman–Crippen LogP) is 1.58. The Morgan fingerprint density at radius 1 is 1.57 bits per heavy atom. The molecule has 3 nitrogen and oxygen atoms in total. The normalized spacial score (nSPS) is 12.9. The Labute approximate surface area is 84.9 Å². The number of aromatic nitrogens is 1. The van der Waals surface area contributed by atoms with Crippen LogP contribution in [0.3, 0.4) is 0 Å². The van der Waals surface area contributed by atoms with Crippen LogP contribution >= 0.6 is 0 Å². The van der Waals surface area contributed by atoms with Gasteiger partial charge < -0.3 is 10.3 Å². The van der Waals surface area contributed by atoms with Crippen LogP contribution in [-0.4, -0.2) is 17.9 Å². The first-order valence-electron chi connectivity index (χ1n) is 4.98. The fraction of sp³-hybridized carbons (Fsp3) is 0.545. The minimum absolute atomic E-state index is 0.0656. The molecule has 1 rings (SSSR count). The van der Waals surface area contributed by atoms with E-state index in [-0.39, 0.29) is 11.8 Å². The average molecular weight is 194 g/mol. The van der Waals surface area contributed by atoms with E-state index in [2.05, 4.69) is 24.1 Å². The highest BCUT2D eigenvalue weighted by Crippen LogP contribution is 2.17. The Morgan fingerprint density at radius 3 is 2.71 bits per heavy atom. The van der Waals surface area contributed by atoms with Crippen LogP contribution in [0.25, 0.3) is 0 Å². The van der Waals surface area contributed by atoms with Gasteiger partial charge in [0.25, 0.3) is 0 Å². The van der Waals surface area contributed by atoms with Crippen LogP contribution in [0, 0.1) is 11.8 Å². The van der Waals surface area contributed by atoms with Gasteiger partial charge in [0, 0.05) is 25.4 Å². The third-order valence-corrected chi connectivity index (χ3v) is 2.51. The zero-order valence-electron chi connectivity index (χ0n) is 9.00. The second-order valence-electron chi connectivity index (χ2n) is 3.89. The number of hydrogen-bond acceptors (Lipinski definition) is 1. The van der Waals surface area contributed by atoms with Crippen molar-refractivity contribution in [3.63, 3.8) is 0 Å². The summed E-state index contributed by atoms with van der Waals surface area (Å²) < 4.78 is 0. The van der Waals surface area contributed by atoms with Crippen molar-refractivity contribution in [3.05, 3.63) is 24.0 Å². The molecular weight excluding hydrogens is 176 g/mol. The van der Waals surface area contributed by atoms with Crippen LogP contribution in [0.1, 0.15) is 19.4 Å². The van der Waals surface area contributed by atoms with Gasteiger partial charge in [-0.25, -0.2) is 0 Å². The summed E-state index contributed by atoms with van der Waals surface area (Å²) in [5.74, 6) is 0.557. The second kappa shape index (κ2) is 4.84. The number of aromatic amines is 1. The summed E-state index contributed by atoms with van der Waals surface area (Å²) in [6.07, 6.45) is 4.63. The molecule has 0 saturated carbocycles. The summed E-state index contributed by atoms with van der Waals surface area (Å²) in [4.78, 5) is 14.6. The summed E-state index contributed by atoms with van der Waals surface area (Å²) in [6.45, 7) is 4.15. The largest absolute Gasteiger partial charge is 0.367 e. The lowest BCUT2D eigenvalue weighted by molar-refractivity contribution is -0.125. The average Bonchev–Trinajstić information content (AvgIpc) is 2.65. The fourth-order valence-corrected chi connectivity index (χ4v) is 1.56. The highest BCUT2D eigenvalue weighted by molar-refractivity contribution is 5.78. The van der Waals surface area contributed by atoms with E-state index in [9.17, 15) is 4.79 Å². The third kappa shape index (κ3) is 2.62. The SMILES string of the molecule is CNC(=O)C(Cc1cc[nH]c1)C(C)C. The molecule has 2 N–H and O–H groups in total. The van der Waals surface area contributed by atoms with E-state index in [1.807, 2.05) is 18.5 Å². The predicted molar refractivity (Wildman–Crippen MR) is 56.9 cm³/mol. The van der Waals surface area contributed by atoms with Crippen molar-refractivity contribution in [3.8, 4) is 0 Å². The molecule has 0 aliphatic rings. The van der Waals surface area contributed by atoms with Crippen LogP contribution in [0.2, 0.25) is 0 Å². The van der Waals surface area contributed by atoms with Crippen LogP contribution in [0.4, 0.5) is 0 Å². The van der Waals surface area contributed by atoms with E-state index < -0.39 is 0 Å². The van der Waals surface area contributed by atoms with Crippen molar-refractivity contribution in [2.24, 2.45) is 11.8 Å². The van der Waals surface area contributed by atoms with Crippen LogP contribution < -0.4 is 5.32 Å². The molecular formula is C11H18N2O. The van der Waals surface area contributed by atoms with Gasteiger partial charge in [-0.05, 0) is 24.0 Å². The number of H-pyrrole nitrogens is 1. The van der Waals surface area contributed by atoms with E-state index in [0.717, 1.165) is 6.42 Å². The van der Waals surface area contributed by atoms with Gasteiger partial charge in [-0.3, -0.25) is 4.79 Å². The minimum atomic E-state index is 0.0656. The number of carbonyl (C=O) groups is 1. The smallest absolute Gasteiger partial charge is 0.223 e. The lowest BCUT2D eigenvalue weighted by atomic mass is 9.89. The summed E-state index contributed by atoms with van der Waals surface area (Å²) >= 11 is 0. The first-order chi connectivity index (χ1) is 6.65. The van der Waals surface area contributed by atoms with Crippen molar-refractivity contribution >= 4 is 5.91 Å². The molecule has 0 aliphatic carbocycles. The number of hydrogen-bond donors (Lipinski definition) is 2. The number of nitrogens with one attached hydrogen (secondary N) is 2. The number of carbonyl (C=O) groups excluding carboxylic acids is 1. The molecule has 14 heavy (non-hydrogen) atoms. The summed E-state index contributed by atoms with van der Waals surface area (Å²) in [6, 6.07) is 2.01. The van der Waals surface area contributed by atoms with Crippen molar-refractivity contribution < 1.29 is 4.79 Å². The molecule has 1 aromatic heterocycles. The number of rotatable bonds is 4. The molecule has 0 spiro atoms. The van der Waals surface area contributed by atoms with Crippen molar-refractivity contribution in [1.29, 1.82) is 0 Å². The fourth-order valence-electron chi connectivity index (χ4n) is 1.56. The molecule has 1 heterocycles. The molecule has 1 amide bonds. The van der Waals surface area contributed by atoms with Crippen molar-refractivity contribution in [1.82, 2.24) is 10.3 Å². The summed E-state index contributed by atoms with van der Waals surface area (Å²) in [7, 11) is 1.69. The Hall–Kier alpha value is -1.25. The van der Waals surface area contributed by atoms with Gasteiger partial charge in [0.05, 0.1) is 0 Å². The van der Waals surface area contributed by atoms with Crippen LogP contribution in [-0.2, 0) is 11.2 Å². The molecule has 1 atom stereocenters. The molecule has 0 saturated heterocycles. The van der Waals surface area contributed by atoms with Crippen LogP contribution in [0.15, 0.2) is 18.5 Å². The first kappa shape index (κ1) is 10.8. The monoisotopic (exact) mass is 194 g/mol. The lowest BCUT2D eigenvalue weighted by Gasteiger charge is -2.18. The molecule has 0 radical (unpaired) electrons. The van der Waals surface area contributed by atoms with Gasteiger partial charge in [0.1, 0.15) is 0 Å². The van der Waals surface area contributed by atoms with E-state index in [1.54, 1.807) is 7.05 Å². The van der Waals surface area contributed by atoms with E-state index in [0.29, 0.717) is 5.92 Å². The molecule has 0 bridgehead atoms. The maximum absolute atomic E-state index is 11.6. The Bertz CT molecular complexity index is 277. The molecule has 1 unspecified atom stereocenters. The first-order valence-corrected chi connectivity index (χ1v) is 4.98. The quantitative estimate of drug-likeness (QED) is 0.751. The van der Waals surface area contributed by atoms with Crippen molar-refractivity contribution in [2.45, 2.75) is 20.3 Å². The second-order valence-corrected chi connectivity index (χ2v) is 3.89. The van der Waals surface area contributed by atoms with Gasteiger partial charge in [-0.1, -0.05) is 13.8 Å². The highest BCUT2D eigenvalue weighted by Gasteiger charge is 2.21. The summed E-state index contributed by atoms with van der Waals surface area (Å²) in [5, 5.41) is 2.71. The maximum atomic E-state index is 11.6. The maximum Gasteiger partial charge on any atom is 0.223 e. The lowest BCUT2D eigenvalue weighted by Crippen LogP contribution is -2.32. The Morgan fingerprint density at radius 2 is 2.29 bits per heavy atom. The highest BCUT2D eigenvalue weighted by atomic mass is 16.1. The molecule has 1 aromatic rings. The molecule has 0 aliphatic heterocycles. The topological polar surface area (TPSA) is 44.9 Å². The zero-order chi connectivity index (χ0) is 10.6. The van der Waals surface area contributed by atoms with Gasteiger partial charge >= 0.3 is 0 Å². The molecule has 0 fully saturated rings. The van der Waals surface area contributed by atoms with Gasteiger partial charge in [-0.15, -0.1) is 0 Å².